The fourth-order valence-electron chi connectivity index (χ4n) is 2.22. The van der Waals surface area contributed by atoms with Gasteiger partial charge in [0.15, 0.2) is 7.28 Å². The Morgan fingerprint density at radius 1 is 1.20 bits per heavy atom. The Morgan fingerprint density at radius 3 is 2.30 bits per heavy atom. The Bertz CT molecular complexity index is 493. The first kappa shape index (κ1) is 17.0. The van der Waals surface area contributed by atoms with Crippen LogP contribution in [0.4, 0.5) is 0 Å². The summed E-state index contributed by atoms with van der Waals surface area (Å²) in [5, 5.41) is 0. The zero-order chi connectivity index (χ0) is 15.6. The van der Waals surface area contributed by atoms with Crippen LogP contribution in [0.5, 0.6) is 0 Å². The van der Waals surface area contributed by atoms with Crippen LogP contribution >= 0.6 is 0 Å². The van der Waals surface area contributed by atoms with Crippen molar-refractivity contribution < 1.29 is 0 Å². The van der Waals surface area contributed by atoms with Gasteiger partial charge in [-0.25, -0.2) is 0 Å². The number of pyridine rings is 1. The van der Waals surface area contributed by atoms with Gasteiger partial charge < -0.3 is 0 Å². The molecule has 0 unspecified atom stereocenters. The first-order valence-corrected chi connectivity index (χ1v) is 7.67. The first-order chi connectivity index (χ1) is 9.08. The SMILES string of the molecule is C/C=C(/BCC(C)(C)C(C)(C)C)c1cc(C)cnc1C. The second kappa shape index (κ2) is 6.16. The summed E-state index contributed by atoms with van der Waals surface area (Å²) in [6, 6.07) is 2.27. The summed E-state index contributed by atoms with van der Waals surface area (Å²) in [6.07, 6.45) is 5.40. The maximum atomic E-state index is 4.50. The average Bonchev–Trinajstić information content (AvgIpc) is 2.32. The Morgan fingerprint density at radius 2 is 1.80 bits per heavy atom. The summed E-state index contributed by atoms with van der Waals surface area (Å²) in [5.74, 6) is 0. The highest BCUT2D eigenvalue weighted by atomic mass is 14.7. The molecule has 1 aromatic rings. The summed E-state index contributed by atoms with van der Waals surface area (Å²) in [4.78, 5) is 4.50. The molecule has 0 atom stereocenters. The molecule has 0 radical (unpaired) electrons. The molecule has 2 heteroatoms. The van der Waals surface area contributed by atoms with Crippen molar-refractivity contribution in [2.24, 2.45) is 10.8 Å². The largest absolute Gasteiger partial charge is 0.261 e. The van der Waals surface area contributed by atoms with Crippen molar-refractivity contribution in [2.75, 3.05) is 0 Å². The monoisotopic (exact) mass is 271 g/mol. The van der Waals surface area contributed by atoms with Crippen molar-refractivity contribution >= 4 is 12.8 Å². The number of aryl methyl sites for hydroxylation is 2. The fourth-order valence-corrected chi connectivity index (χ4v) is 2.22. The predicted molar refractivity (Wildman–Crippen MR) is 92.6 cm³/mol. The van der Waals surface area contributed by atoms with Crippen LogP contribution in [-0.4, -0.2) is 12.3 Å². The molecule has 1 heterocycles. The Balaban J connectivity index is 2.93. The minimum absolute atomic E-state index is 0.325. The van der Waals surface area contributed by atoms with Crippen molar-refractivity contribution in [3.05, 3.63) is 35.2 Å². The molecule has 110 valence electrons. The lowest BCUT2D eigenvalue weighted by atomic mass is 9.52. The lowest BCUT2D eigenvalue weighted by Crippen LogP contribution is -2.30. The Labute approximate surface area is 126 Å². The molecule has 0 aliphatic carbocycles. The molecule has 20 heavy (non-hydrogen) atoms. The molecule has 0 amide bonds. The van der Waals surface area contributed by atoms with Gasteiger partial charge in [-0.15, -0.1) is 0 Å². The number of nitrogens with zero attached hydrogens (tertiary/aromatic N) is 1. The third kappa shape index (κ3) is 3.97. The fraction of sp³-hybridized carbons (Fsp3) is 0.611. The van der Waals surface area contributed by atoms with Gasteiger partial charge >= 0.3 is 0 Å². The molecular weight excluding hydrogens is 241 g/mol. The molecule has 0 N–H and O–H groups in total. The molecule has 0 bridgehead atoms. The summed E-state index contributed by atoms with van der Waals surface area (Å²) in [7, 11) is 1.12. The highest BCUT2D eigenvalue weighted by molar-refractivity contribution is 6.61. The van der Waals surface area contributed by atoms with Gasteiger partial charge in [0.05, 0.1) is 0 Å². The van der Waals surface area contributed by atoms with E-state index in [1.807, 2.05) is 6.20 Å². The molecule has 1 rings (SSSR count). The van der Waals surface area contributed by atoms with E-state index in [0.717, 1.165) is 13.0 Å². The van der Waals surface area contributed by atoms with Gasteiger partial charge in [0.1, 0.15) is 0 Å². The van der Waals surface area contributed by atoms with Gasteiger partial charge in [-0.05, 0) is 48.8 Å². The van der Waals surface area contributed by atoms with Crippen molar-refractivity contribution in [3.8, 4) is 0 Å². The van der Waals surface area contributed by atoms with Gasteiger partial charge in [0.25, 0.3) is 0 Å². The van der Waals surface area contributed by atoms with Crippen LogP contribution in [0.3, 0.4) is 0 Å². The molecule has 0 aliphatic rings. The second-order valence-electron chi connectivity index (χ2n) is 7.59. The van der Waals surface area contributed by atoms with Crippen LogP contribution < -0.4 is 0 Å². The zero-order valence-corrected chi connectivity index (χ0v) is 14.6. The topological polar surface area (TPSA) is 12.9 Å². The van der Waals surface area contributed by atoms with E-state index in [1.165, 1.54) is 22.9 Å². The summed E-state index contributed by atoms with van der Waals surface area (Å²) in [6.45, 7) is 18.1. The Hall–Kier alpha value is -1.05. The smallest absolute Gasteiger partial charge is 0.158 e. The standard InChI is InChI=1S/C18H30BN/c1-9-16(15-10-13(2)11-20-14(15)3)19-12-18(7,8)17(4,5)6/h9-11,19H,12H2,1-8H3/b16-9+. The van der Waals surface area contributed by atoms with E-state index in [4.69, 9.17) is 0 Å². The molecule has 0 aliphatic heterocycles. The molecule has 0 spiro atoms. The average molecular weight is 271 g/mol. The number of rotatable bonds is 4. The molecule has 1 nitrogen and oxygen atoms in total. The maximum absolute atomic E-state index is 4.50. The van der Waals surface area contributed by atoms with Crippen LogP contribution in [0.1, 0.15) is 58.4 Å². The zero-order valence-electron chi connectivity index (χ0n) is 14.6. The molecule has 0 saturated carbocycles. The molecule has 1 aromatic heterocycles. The van der Waals surface area contributed by atoms with Crippen molar-refractivity contribution in [3.63, 3.8) is 0 Å². The quantitative estimate of drug-likeness (QED) is 0.703. The summed E-state index contributed by atoms with van der Waals surface area (Å²) >= 11 is 0. The van der Waals surface area contributed by atoms with Crippen LogP contribution in [0.2, 0.25) is 6.32 Å². The third-order valence-corrected chi connectivity index (χ3v) is 4.97. The normalized spacial score (nSPS) is 13.5. The maximum Gasteiger partial charge on any atom is 0.158 e. The van der Waals surface area contributed by atoms with E-state index in [2.05, 4.69) is 72.5 Å². The molecular formula is C18H30BN. The van der Waals surface area contributed by atoms with Gasteiger partial charge in [-0.1, -0.05) is 52.5 Å². The van der Waals surface area contributed by atoms with Crippen LogP contribution in [-0.2, 0) is 0 Å². The van der Waals surface area contributed by atoms with Gasteiger partial charge in [-0.2, -0.15) is 0 Å². The second-order valence-corrected chi connectivity index (χ2v) is 7.59. The van der Waals surface area contributed by atoms with Crippen LogP contribution in [0.15, 0.2) is 18.3 Å². The van der Waals surface area contributed by atoms with E-state index < -0.39 is 0 Å². The number of hydrogen-bond acceptors (Lipinski definition) is 1. The minimum Gasteiger partial charge on any atom is -0.261 e. The number of allylic oxidation sites excluding steroid dienone is 1. The third-order valence-electron chi connectivity index (χ3n) is 4.97. The molecule has 0 aromatic carbocycles. The molecule has 0 saturated heterocycles. The van der Waals surface area contributed by atoms with Crippen LogP contribution in [0.25, 0.3) is 5.47 Å². The van der Waals surface area contributed by atoms with E-state index in [1.54, 1.807) is 0 Å². The van der Waals surface area contributed by atoms with E-state index in [-0.39, 0.29) is 0 Å². The highest BCUT2D eigenvalue weighted by Gasteiger charge is 2.32. The summed E-state index contributed by atoms with van der Waals surface area (Å²) in [5.41, 5.74) is 5.77. The van der Waals surface area contributed by atoms with Gasteiger partial charge in [-0.3, -0.25) is 4.98 Å². The van der Waals surface area contributed by atoms with Crippen molar-refractivity contribution in [2.45, 2.75) is 61.7 Å². The van der Waals surface area contributed by atoms with E-state index >= 15 is 0 Å². The van der Waals surface area contributed by atoms with Gasteiger partial charge in [0, 0.05) is 11.9 Å². The van der Waals surface area contributed by atoms with E-state index in [9.17, 15) is 0 Å². The van der Waals surface area contributed by atoms with E-state index in [0.29, 0.717) is 10.8 Å². The number of aromatic nitrogens is 1. The lowest BCUT2D eigenvalue weighted by Gasteiger charge is -2.39. The lowest BCUT2D eigenvalue weighted by molar-refractivity contribution is 0.157. The van der Waals surface area contributed by atoms with Crippen molar-refractivity contribution in [1.29, 1.82) is 0 Å². The van der Waals surface area contributed by atoms with Crippen molar-refractivity contribution in [1.82, 2.24) is 4.98 Å². The number of hydrogen-bond donors (Lipinski definition) is 0. The summed E-state index contributed by atoms with van der Waals surface area (Å²) < 4.78 is 0. The molecule has 0 fully saturated rings. The first-order valence-electron chi connectivity index (χ1n) is 7.67. The highest BCUT2D eigenvalue weighted by Crippen LogP contribution is 2.41. The van der Waals surface area contributed by atoms with Gasteiger partial charge in [0.2, 0.25) is 0 Å². The minimum atomic E-state index is 0.325. The predicted octanol–water partition coefficient (Wildman–Crippen LogP) is 4.99. The Kier molecular flexibility index (Phi) is 5.24. The van der Waals surface area contributed by atoms with Crippen LogP contribution in [0, 0.1) is 24.7 Å².